The maximum absolute atomic E-state index is 12.2. The SMILES string of the molecule is COc1cccc(C=O)c1OCC(=O)Nc1c(C)cc(Br)cc1C. The summed E-state index contributed by atoms with van der Waals surface area (Å²) in [5.41, 5.74) is 2.97. The molecular formula is C18H18BrNO4. The minimum Gasteiger partial charge on any atom is -0.493 e. The highest BCUT2D eigenvalue weighted by Gasteiger charge is 2.14. The first-order chi connectivity index (χ1) is 11.5. The Morgan fingerprint density at radius 3 is 2.50 bits per heavy atom. The molecule has 1 amide bonds. The van der Waals surface area contributed by atoms with Crippen molar-refractivity contribution < 1.29 is 19.1 Å². The van der Waals surface area contributed by atoms with E-state index < -0.39 is 0 Å². The van der Waals surface area contributed by atoms with Gasteiger partial charge in [-0.1, -0.05) is 22.0 Å². The predicted octanol–water partition coefficient (Wildman–Crippen LogP) is 3.90. The molecular weight excluding hydrogens is 374 g/mol. The number of methoxy groups -OCH3 is 1. The summed E-state index contributed by atoms with van der Waals surface area (Å²) in [4.78, 5) is 23.3. The zero-order valence-electron chi connectivity index (χ0n) is 13.7. The Hall–Kier alpha value is -2.34. The number of hydrogen-bond donors (Lipinski definition) is 1. The number of benzene rings is 2. The molecule has 0 heterocycles. The largest absolute Gasteiger partial charge is 0.493 e. The average Bonchev–Trinajstić information content (AvgIpc) is 2.55. The van der Waals surface area contributed by atoms with Crippen molar-refractivity contribution in [3.8, 4) is 11.5 Å². The Bertz CT molecular complexity index is 751. The van der Waals surface area contributed by atoms with Gasteiger partial charge in [-0.15, -0.1) is 0 Å². The van der Waals surface area contributed by atoms with Gasteiger partial charge in [0.25, 0.3) is 5.91 Å². The number of aldehydes is 1. The first kappa shape index (κ1) is 18.0. The highest BCUT2D eigenvalue weighted by Crippen LogP contribution is 2.30. The molecule has 0 bridgehead atoms. The zero-order valence-corrected chi connectivity index (χ0v) is 15.3. The van der Waals surface area contributed by atoms with Gasteiger partial charge in [-0.05, 0) is 49.2 Å². The first-order valence-electron chi connectivity index (χ1n) is 7.27. The van der Waals surface area contributed by atoms with Crippen LogP contribution in [-0.4, -0.2) is 25.9 Å². The lowest BCUT2D eigenvalue weighted by Crippen LogP contribution is -2.21. The monoisotopic (exact) mass is 391 g/mol. The molecule has 2 aromatic rings. The molecule has 126 valence electrons. The average molecular weight is 392 g/mol. The van der Waals surface area contributed by atoms with Crippen molar-refractivity contribution in [2.24, 2.45) is 0 Å². The van der Waals surface area contributed by atoms with Gasteiger partial charge in [0.05, 0.1) is 12.7 Å². The van der Waals surface area contributed by atoms with E-state index in [-0.39, 0.29) is 18.3 Å². The molecule has 0 aliphatic rings. The van der Waals surface area contributed by atoms with Crippen LogP contribution in [0.3, 0.4) is 0 Å². The van der Waals surface area contributed by atoms with E-state index in [2.05, 4.69) is 21.2 Å². The molecule has 6 heteroatoms. The van der Waals surface area contributed by atoms with Crippen LogP contribution in [0, 0.1) is 13.8 Å². The summed E-state index contributed by atoms with van der Waals surface area (Å²) < 4.78 is 11.6. The van der Waals surface area contributed by atoms with Crippen LogP contribution >= 0.6 is 15.9 Å². The highest BCUT2D eigenvalue weighted by molar-refractivity contribution is 9.10. The number of carbonyl (C=O) groups excluding carboxylic acids is 2. The molecule has 0 radical (unpaired) electrons. The van der Waals surface area contributed by atoms with E-state index in [9.17, 15) is 9.59 Å². The molecule has 0 fully saturated rings. The molecule has 0 aliphatic carbocycles. The van der Waals surface area contributed by atoms with Crippen LogP contribution in [0.25, 0.3) is 0 Å². The summed E-state index contributed by atoms with van der Waals surface area (Å²) in [7, 11) is 1.48. The second kappa shape index (κ2) is 7.97. The Morgan fingerprint density at radius 2 is 1.92 bits per heavy atom. The van der Waals surface area contributed by atoms with E-state index in [1.165, 1.54) is 7.11 Å². The number of ether oxygens (including phenoxy) is 2. The number of aryl methyl sites for hydroxylation is 2. The normalized spacial score (nSPS) is 10.2. The van der Waals surface area contributed by atoms with Crippen molar-refractivity contribution in [1.29, 1.82) is 0 Å². The molecule has 0 atom stereocenters. The van der Waals surface area contributed by atoms with E-state index >= 15 is 0 Å². The smallest absolute Gasteiger partial charge is 0.262 e. The van der Waals surface area contributed by atoms with Gasteiger partial charge in [0.15, 0.2) is 24.4 Å². The quantitative estimate of drug-likeness (QED) is 0.758. The molecule has 0 unspecified atom stereocenters. The molecule has 0 spiro atoms. The number of rotatable bonds is 6. The standard InChI is InChI=1S/C18H18BrNO4/c1-11-7-14(19)8-12(2)17(11)20-16(22)10-24-18-13(9-21)5-4-6-15(18)23-3/h4-9H,10H2,1-3H3,(H,20,22). The third-order valence-electron chi connectivity index (χ3n) is 3.47. The number of carbonyl (C=O) groups is 2. The van der Waals surface area contributed by atoms with E-state index in [0.717, 1.165) is 21.3 Å². The van der Waals surface area contributed by atoms with E-state index in [0.29, 0.717) is 17.6 Å². The van der Waals surface area contributed by atoms with Crippen molar-refractivity contribution in [1.82, 2.24) is 0 Å². The molecule has 24 heavy (non-hydrogen) atoms. The number of anilines is 1. The minimum atomic E-state index is -0.314. The van der Waals surface area contributed by atoms with Crippen LogP contribution in [0.15, 0.2) is 34.8 Å². The van der Waals surface area contributed by atoms with E-state index in [4.69, 9.17) is 9.47 Å². The lowest BCUT2D eigenvalue weighted by molar-refractivity contribution is -0.118. The second-order valence-corrected chi connectivity index (χ2v) is 6.16. The first-order valence-corrected chi connectivity index (χ1v) is 8.07. The third-order valence-corrected chi connectivity index (χ3v) is 3.92. The maximum Gasteiger partial charge on any atom is 0.262 e. The third kappa shape index (κ3) is 4.14. The summed E-state index contributed by atoms with van der Waals surface area (Å²) in [6.07, 6.45) is 0.665. The molecule has 2 rings (SSSR count). The molecule has 0 aromatic heterocycles. The molecule has 0 saturated heterocycles. The van der Waals surface area contributed by atoms with Gasteiger partial charge >= 0.3 is 0 Å². The summed E-state index contributed by atoms with van der Waals surface area (Å²) >= 11 is 3.42. The van der Waals surface area contributed by atoms with Crippen LogP contribution in [0.4, 0.5) is 5.69 Å². The Labute approximate surface area is 149 Å². The van der Waals surface area contributed by atoms with Crippen LogP contribution in [0.2, 0.25) is 0 Å². The molecule has 5 nitrogen and oxygen atoms in total. The minimum absolute atomic E-state index is 0.226. The summed E-state index contributed by atoms with van der Waals surface area (Å²) in [6.45, 7) is 3.61. The number of amides is 1. The van der Waals surface area contributed by atoms with Crippen molar-refractivity contribution in [2.75, 3.05) is 19.0 Å². The van der Waals surface area contributed by atoms with Gasteiger partial charge in [0, 0.05) is 10.2 Å². The lowest BCUT2D eigenvalue weighted by Gasteiger charge is -2.14. The van der Waals surface area contributed by atoms with Crippen LogP contribution in [0.1, 0.15) is 21.5 Å². The van der Waals surface area contributed by atoms with Crippen LogP contribution in [-0.2, 0) is 4.79 Å². The molecule has 2 aromatic carbocycles. The van der Waals surface area contributed by atoms with Crippen molar-refractivity contribution >= 4 is 33.8 Å². The fourth-order valence-corrected chi connectivity index (χ4v) is 3.05. The Kier molecular flexibility index (Phi) is 5.98. The van der Waals surface area contributed by atoms with Gasteiger partial charge in [0.1, 0.15) is 0 Å². The van der Waals surface area contributed by atoms with Gasteiger partial charge in [0.2, 0.25) is 0 Å². The molecule has 1 N–H and O–H groups in total. The maximum atomic E-state index is 12.2. The van der Waals surface area contributed by atoms with Gasteiger partial charge in [-0.2, -0.15) is 0 Å². The predicted molar refractivity (Wildman–Crippen MR) is 96.1 cm³/mol. The lowest BCUT2D eigenvalue weighted by atomic mass is 10.1. The van der Waals surface area contributed by atoms with E-state index in [1.807, 2.05) is 26.0 Å². The fraction of sp³-hybridized carbons (Fsp3) is 0.222. The van der Waals surface area contributed by atoms with Crippen molar-refractivity contribution in [3.63, 3.8) is 0 Å². The van der Waals surface area contributed by atoms with Crippen molar-refractivity contribution in [3.05, 3.63) is 51.5 Å². The van der Waals surface area contributed by atoms with Crippen LogP contribution in [0.5, 0.6) is 11.5 Å². The topological polar surface area (TPSA) is 64.6 Å². The summed E-state index contributed by atoms with van der Waals surface area (Å²) in [6, 6.07) is 8.81. The fourth-order valence-electron chi connectivity index (χ4n) is 2.36. The number of para-hydroxylation sites is 1. The molecule has 0 saturated carbocycles. The van der Waals surface area contributed by atoms with Gasteiger partial charge < -0.3 is 14.8 Å². The zero-order chi connectivity index (χ0) is 17.7. The summed E-state index contributed by atoms with van der Waals surface area (Å²) in [5.74, 6) is 0.351. The molecule has 0 aliphatic heterocycles. The van der Waals surface area contributed by atoms with E-state index in [1.54, 1.807) is 18.2 Å². The van der Waals surface area contributed by atoms with Gasteiger partial charge in [-0.3, -0.25) is 9.59 Å². The van der Waals surface area contributed by atoms with Crippen LogP contribution < -0.4 is 14.8 Å². The highest BCUT2D eigenvalue weighted by atomic mass is 79.9. The number of nitrogens with one attached hydrogen (secondary N) is 1. The Morgan fingerprint density at radius 1 is 1.25 bits per heavy atom. The van der Waals surface area contributed by atoms with Gasteiger partial charge in [-0.25, -0.2) is 0 Å². The summed E-state index contributed by atoms with van der Waals surface area (Å²) in [5, 5.41) is 2.84. The number of hydrogen-bond acceptors (Lipinski definition) is 4. The second-order valence-electron chi connectivity index (χ2n) is 5.25. The number of halogens is 1. The Balaban J connectivity index is 2.11. The van der Waals surface area contributed by atoms with Crippen molar-refractivity contribution in [2.45, 2.75) is 13.8 Å².